The standard InChI is InChI=1S/C21H20O6/c1-4-13-5-10-17-16(11-13)19(23)21(27-18(22)12-24-2)20(26-17)14-6-8-15(25-3)9-7-14/h5-11H,4,12H2,1-3H3. The SMILES string of the molecule is CCc1ccc2oc(-c3ccc(OC)cc3)c(OC(=O)COC)c(=O)c2c1. The molecule has 6 heteroatoms. The molecule has 0 unspecified atom stereocenters. The summed E-state index contributed by atoms with van der Waals surface area (Å²) < 4.78 is 21.2. The van der Waals surface area contributed by atoms with Crippen LogP contribution in [0.1, 0.15) is 12.5 Å². The van der Waals surface area contributed by atoms with Crippen molar-refractivity contribution in [2.24, 2.45) is 0 Å². The summed E-state index contributed by atoms with van der Waals surface area (Å²) in [6, 6.07) is 12.4. The highest BCUT2D eigenvalue weighted by molar-refractivity contribution is 5.85. The molecular formula is C21H20O6. The minimum atomic E-state index is -0.675. The summed E-state index contributed by atoms with van der Waals surface area (Å²) in [6.45, 7) is 1.72. The molecule has 1 heterocycles. The molecule has 0 aliphatic carbocycles. The lowest BCUT2D eigenvalue weighted by molar-refractivity contribution is -0.138. The predicted molar refractivity (Wildman–Crippen MR) is 101 cm³/mol. The number of carbonyl (C=O) groups is 1. The van der Waals surface area contributed by atoms with E-state index in [0.717, 1.165) is 12.0 Å². The maximum Gasteiger partial charge on any atom is 0.337 e. The molecule has 0 saturated carbocycles. The molecule has 0 saturated heterocycles. The van der Waals surface area contributed by atoms with Crippen LogP contribution in [-0.4, -0.2) is 26.8 Å². The van der Waals surface area contributed by atoms with Crippen LogP contribution in [0, 0.1) is 0 Å². The molecule has 0 amide bonds. The molecule has 1 aromatic heterocycles. The molecule has 0 atom stereocenters. The van der Waals surface area contributed by atoms with Gasteiger partial charge >= 0.3 is 5.97 Å². The highest BCUT2D eigenvalue weighted by Crippen LogP contribution is 2.32. The molecule has 0 fully saturated rings. The minimum Gasteiger partial charge on any atom is -0.497 e. The molecular weight excluding hydrogens is 348 g/mol. The molecule has 140 valence electrons. The third-order valence-electron chi connectivity index (χ3n) is 4.15. The second-order valence-corrected chi connectivity index (χ2v) is 5.91. The third kappa shape index (κ3) is 3.85. The Morgan fingerprint density at radius 2 is 1.81 bits per heavy atom. The Bertz CT molecular complexity index is 1020. The second-order valence-electron chi connectivity index (χ2n) is 5.91. The molecule has 27 heavy (non-hydrogen) atoms. The van der Waals surface area contributed by atoms with Gasteiger partial charge in [-0.1, -0.05) is 13.0 Å². The average molecular weight is 368 g/mol. The predicted octanol–water partition coefficient (Wildman–Crippen LogP) is 3.58. The van der Waals surface area contributed by atoms with E-state index in [1.807, 2.05) is 13.0 Å². The van der Waals surface area contributed by atoms with Gasteiger partial charge in [0.2, 0.25) is 11.2 Å². The quantitative estimate of drug-likeness (QED) is 0.619. The summed E-state index contributed by atoms with van der Waals surface area (Å²) in [5.74, 6) is 0.0183. The molecule has 0 spiro atoms. The van der Waals surface area contributed by atoms with E-state index in [9.17, 15) is 9.59 Å². The van der Waals surface area contributed by atoms with Crippen LogP contribution in [0.25, 0.3) is 22.3 Å². The normalized spacial score (nSPS) is 10.8. The monoisotopic (exact) mass is 368 g/mol. The Morgan fingerprint density at radius 1 is 1.07 bits per heavy atom. The topological polar surface area (TPSA) is 75.0 Å². The molecule has 6 nitrogen and oxygen atoms in total. The van der Waals surface area contributed by atoms with Gasteiger partial charge in [-0.25, -0.2) is 4.79 Å². The van der Waals surface area contributed by atoms with E-state index in [1.54, 1.807) is 43.5 Å². The van der Waals surface area contributed by atoms with Crippen LogP contribution in [0.5, 0.6) is 11.5 Å². The maximum absolute atomic E-state index is 13.1. The van der Waals surface area contributed by atoms with Gasteiger partial charge < -0.3 is 18.6 Å². The number of aryl methyl sites for hydroxylation is 1. The van der Waals surface area contributed by atoms with Crippen molar-refractivity contribution < 1.29 is 23.4 Å². The van der Waals surface area contributed by atoms with Crippen molar-refractivity contribution in [1.29, 1.82) is 0 Å². The highest BCUT2D eigenvalue weighted by Gasteiger charge is 2.20. The van der Waals surface area contributed by atoms with E-state index in [0.29, 0.717) is 22.3 Å². The minimum absolute atomic E-state index is 0.150. The smallest absolute Gasteiger partial charge is 0.337 e. The first-order valence-electron chi connectivity index (χ1n) is 8.51. The highest BCUT2D eigenvalue weighted by atomic mass is 16.6. The van der Waals surface area contributed by atoms with Crippen molar-refractivity contribution >= 4 is 16.9 Å². The van der Waals surface area contributed by atoms with Gasteiger partial charge in [0, 0.05) is 12.7 Å². The fraction of sp³-hybridized carbons (Fsp3) is 0.238. The number of fused-ring (bicyclic) bond motifs is 1. The number of ether oxygens (including phenoxy) is 3. The van der Waals surface area contributed by atoms with Gasteiger partial charge in [0.05, 0.1) is 12.5 Å². The lowest BCUT2D eigenvalue weighted by Crippen LogP contribution is -2.19. The van der Waals surface area contributed by atoms with Gasteiger partial charge in [0.1, 0.15) is 17.9 Å². The lowest BCUT2D eigenvalue weighted by atomic mass is 10.1. The summed E-state index contributed by atoms with van der Waals surface area (Å²) in [5, 5.41) is 0.367. The van der Waals surface area contributed by atoms with Gasteiger partial charge in [-0.2, -0.15) is 0 Å². The van der Waals surface area contributed by atoms with Crippen molar-refractivity contribution in [3.8, 4) is 22.8 Å². The largest absolute Gasteiger partial charge is 0.497 e. The Labute approximate surface area is 156 Å². The zero-order valence-corrected chi connectivity index (χ0v) is 15.4. The number of carbonyl (C=O) groups excluding carboxylic acids is 1. The second kappa shape index (κ2) is 8.05. The zero-order chi connectivity index (χ0) is 19.4. The van der Waals surface area contributed by atoms with Crippen molar-refractivity contribution in [3.05, 3.63) is 58.3 Å². The number of methoxy groups -OCH3 is 2. The van der Waals surface area contributed by atoms with Crippen molar-refractivity contribution in [2.45, 2.75) is 13.3 Å². The molecule has 0 N–H and O–H groups in total. The van der Waals surface area contributed by atoms with Crippen LogP contribution >= 0.6 is 0 Å². The zero-order valence-electron chi connectivity index (χ0n) is 15.4. The fourth-order valence-electron chi connectivity index (χ4n) is 2.73. The van der Waals surface area contributed by atoms with E-state index in [-0.39, 0.29) is 18.1 Å². The number of benzene rings is 2. The fourth-order valence-corrected chi connectivity index (χ4v) is 2.73. The van der Waals surface area contributed by atoms with Crippen molar-refractivity contribution in [3.63, 3.8) is 0 Å². The van der Waals surface area contributed by atoms with Gasteiger partial charge in [-0.05, 0) is 48.4 Å². The molecule has 0 aliphatic rings. The van der Waals surface area contributed by atoms with Gasteiger partial charge in [-0.15, -0.1) is 0 Å². The number of esters is 1. The van der Waals surface area contributed by atoms with Crippen LogP contribution in [0.3, 0.4) is 0 Å². The van der Waals surface area contributed by atoms with E-state index >= 15 is 0 Å². The van der Waals surface area contributed by atoms with Gasteiger partial charge in [0.15, 0.2) is 5.76 Å². The molecule has 0 aliphatic heterocycles. The molecule has 2 aromatic carbocycles. The third-order valence-corrected chi connectivity index (χ3v) is 4.15. The summed E-state index contributed by atoms with van der Waals surface area (Å²) in [7, 11) is 2.94. The van der Waals surface area contributed by atoms with Crippen LogP contribution in [0.4, 0.5) is 0 Å². The molecule has 3 aromatic rings. The Morgan fingerprint density at radius 3 is 2.44 bits per heavy atom. The first kappa shape index (κ1) is 18.7. The summed E-state index contributed by atoms with van der Waals surface area (Å²) >= 11 is 0. The first-order valence-corrected chi connectivity index (χ1v) is 8.51. The van der Waals surface area contributed by atoms with E-state index in [1.165, 1.54) is 7.11 Å². The molecule has 3 rings (SSSR count). The maximum atomic E-state index is 13.1. The summed E-state index contributed by atoms with van der Waals surface area (Å²) in [6.07, 6.45) is 0.772. The van der Waals surface area contributed by atoms with Gasteiger partial charge in [0.25, 0.3) is 0 Å². The Kier molecular flexibility index (Phi) is 5.57. The Hall–Kier alpha value is -3.12. The van der Waals surface area contributed by atoms with E-state index < -0.39 is 11.4 Å². The van der Waals surface area contributed by atoms with Crippen molar-refractivity contribution in [2.75, 3.05) is 20.8 Å². The van der Waals surface area contributed by atoms with Crippen LogP contribution in [-0.2, 0) is 16.0 Å². The first-order chi connectivity index (χ1) is 13.1. The van der Waals surface area contributed by atoms with Crippen LogP contribution < -0.4 is 14.9 Å². The Balaban J connectivity index is 2.22. The number of rotatable bonds is 6. The lowest BCUT2D eigenvalue weighted by Gasteiger charge is -2.11. The van der Waals surface area contributed by atoms with Gasteiger partial charge in [-0.3, -0.25) is 4.79 Å². The summed E-state index contributed by atoms with van der Waals surface area (Å²) in [4.78, 5) is 25.0. The summed E-state index contributed by atoms with van der Waals surface area (Å²) in [5.41, 5.74) is 1.60. The van der Waals surface area contributed by atoms with E-state index in [4.69, 9.17) is 18.6 Å². The van der Waals surface area contributed by atoms with Crippen molar-refractivity contribution in [1.82, 2.24) is 0 Å². The number of hydrogen-bond acceptors (Lipinski definition) is 6. The number of hydrogen-bond donors (Lipinski definition) is 0. The average Bonchev–Trinajstić information content (AvgIpc) is 2.70. The molecule has 0 bridgehead atoms. The van der Waals surface area contributed by atoms with Crippen LogP contribution in [0.2, 0.25) is 0 Å². The van der Waals surface area contributed by atoms with E-state index in [2.05, 4.69) is 0 Å². The molecule has 0 radical (unpaired) electrons. The van der Waals surface area contributed by atoms with Crippen LogP contribution in [0.15, 0.2) is 51.7 Å².